The Labute approximate surface area is 126 Å². The first-order chi connectivity index (χ1) is 9.33. The number of rotatable bonds is 3. The number of halogens is 2. The molecule has 5 heteroatoms. The maximum atomic E-state index is 13.3. The lowest BCUT2D eigenvalue weighted by Gasteiger charge is -2.39. The van der Waals surface area contributed by atoms with E-state index in [0.29, 0.717) is 17.3 Å². The van der Waals surface area contributed by atoms with Gasteiger partial charge in [0.15, 0.2) is 0 Å². The van der Waals surface area contributed by atoms with Crippen LogP contribution < -0.4 is 0 Å². The van der Waals surface area contributed by atoms with Crippen LogP contribution >= 0.6 is 15.9 Å². The highest BCUT2D eigenvalue weighted by atomic mass is 79.9. The predicted molar refractivity (Wildman–Crippen MR) is 79.1 cm³/mol. The molecule has 1 aliphatic rings. The standard InChI is InChI=1S/C15H19BrFNO2/c1-10(11-3-4-13(17)12(16)9-11)18-7-5-15(2,6-8-18)14(19)20/h3-4,9-10H,5-8H2,1-2H3,(H,19,20). The fourth-order valence-electron chi connectivity index (χ4n) is 2.60. The summed E-state index contributed by atoms with van der Waals surface area (Å²) in [4.78, 5) is 13.5. The summed E-state index contributed by atoms with van der Waals surface area (Å²) in [5, 5.41) is 9.24. The highest BCUT2D eigenvalue weighted by molar-refractivity contribution is 9.10. The summed E-state index contributed by atoms with van der Waals surface area (Å²) in [5.74, 6) is -0.979. The van der Waals surface area contributed by atoms with Crippen molar-refractivity contribution < 1.29 is 14.3 Å². The number of carboxylic acids is 1. The van der Waals surface area contributed by atoms with Crippen LogP contribution in [0.1, 0.15) is 38.3 Å². The van der Waals surface area contributed by atoms with Crippen LogP contribution in [0, 0.1) is 11.2 Å². The molecule has 1 heterocycles. The molecule has 1 aromatic rings. The molecular weight excluding hydrogens is 325 g/mol. The summed E-state index contributed by atoms with van der Waals surface area (Å²) in [5.41, 5.74) is 0.428. The van der Waals surface area contributed by atoms with Crippen LogP contribution in [0.15, 0.2) is 22.7 Å². The Morgan fingerprint density at radius 2 is 2.05 bits per heavy atom. The van der Waals surface area contributed by atoms with Crippen LogP contribution in [0.25, 0.3) is 0 Å². The summed E-state index contributed by atoms with van der Waals surface area (Å²) in [6, 6.07) is 5.20. The summed E-state index contributed by atoms with van der Waals surface area (Å²) < 4.78 is 13.7. The van der Waals surface area contributed by atoms with Crippen LogP contribution in [-0.2, 0) is 4.79 Å². The molecule has 0 spiro atoms. The van der Waals surface area contributed by atoms with E-state index in [-0.39, 0.29) is 11.9 Å². The molecule has 1 atom stereocenters. The molecule has 1 saturated heterocycles. The Bertz CT molecular complexity index is 513. The average Bonchev–Trinajstić information content (AvgIpc) is 2.42. The van der Waals surface area contributed by atoms with Crippen molar-refractivity contribution >= 4 is 21.9 Å². The van der Waals surface area contributed by atoms with Gasteiger partial charge in [0.1, 0.15) is 5.82 Å². The molecule has 1 unspecified atom stereocenters. The lowest BCUT2D eigenvalue weighted by atomic mass is 9.80. The Hall–Kier alpha value is -0.940. The molecule has 0 radical (unpaired) electrons. The minimum absolute atomic E-state index is 0.158. The lowest BCUT2D eigenvalue weighted by molar-refractivity contribution is -0.151. The second kappa shape index (κ2) is 5.82. The Morgan fingerprint density at radius 3 is 2.55 bits per heavy atom. The molecule has 20 heavy (non-hydrogen) atoms. The van der Waals surface area contributed by atoms with Gasteiger partial charge in [-0.25, -0.2) is 4.39 Å². The van der Waals surface area contributed by atoms with Crippen molar-refractivity contribution in [3.05, 3.63) is 34.1 Å². The third kappa shape index (κ3) is 3.04. The van der Waals surface area contributed by atoms with Crippen LogP contribution in [0.2, 0.25) is 0 Å². The normalized spacial score (nSPS) is 20.6. The van der Waals surface area contributed by atoms with Gasteiger partial charge in [0, 0.05) is 6.04 Å². The number of piperidine rings is 1. The molecule has 0 amide bonds. The van der Waals surface area contributed by atoms with Crippen molar-refractivity contribution in [1.29, 1.82) is 0 Å². The van der Waals surface area contributed by atoms with Crippen LogP contribution in [0.5, 0.6) is 0 Å². The van der Waals surface area contributed by atoms with Gasteiger partial charge in [-0.1, -0.05) is 6.07 Å². The Kier molecular flexibility index (Phi) is 4.49. The van der Waals surface area contributed by atoms with Gasteiger partial charge in [0.25, 0.3) is 0 Å². The molecule has 2 rings (SSSR count). The highest BCUT2D eigenvalue weighted by Crippen LogP contribution is 2.35. The Balaban J connectivity index is 2.06. The van der Waals surface area contributed by atoms with E-state index < -0.39 is 11.4 Å². The van der Waals surface area contributed by atoms with Gasteiger partial charge < -0.3 is 5.11 Å². The molecule has 1 aliphatic heterocycles. The summed E-state index contributed by atoms with van der Waals surface area (Å²) in [6.45, 7) is 5.38. The van der Waals surface area contributed by atoms with Crippen LogP contribution in [0.3, 0.4) is 0 Å². The number of carboxylic acid groups (broad SMARTS) is 1. The molecule has 1 aromatic carbocycles. The highest BCUT2D eigenvalue weighted by Gasteiger charge is 2.37. The summed E-state index contributed by atoms with van der Waals surface area (Å²) in [6.07, 6.45) is 1.30. The van der Waals surface area contributed by atoms with E-state index in [4.69, 9.17) is 0 Å². The first-order valence-corrected chi connectivity index (χ1v) is 7.55. The van der Waals surface area contributed by atoms with E-state index in [0.717, 1.165) is 18.7 Å². The van der Waals surface area contributed by atoms with Crippen molar-refractivity contribution in [3.63, 3.8) is 0 Å². The second-order valence-corrected chi connectivity index (χ2v) is 6.61. The molecule has 1 fully saturated rings. The van der Waals surface area contributed by atoms with Crippen LogP contribution in [-0.4, -0.2) is 29.1 Å². The van der Waals surface area contributed by atoms with Gasteiger partial charge >= 0.3 is 5.97 Å². The quantitative estimate of drug-likeness (QED) is 0.906. The summed E-state index contributed by atoms with van der Waals surface area (Å²) in [7, 11) is 0. The fraction of sp³-hybridized carbons (Fsp3) is 0.533. The van der Waals surface area contributed by atoms with Gasteiger partial charge in [-0.2, -0.15) is 0 Å². The van der Waals surface area contributed by atoms with E-state index >= 15 is 0 Å². The monoisotopic (exact) mass is 343 g/mol. The number of aliphatic carboxylic acids is 1. The first kappa shape index (κ1) is 15.4. The zero-order valence-corrected chi connectivity index (χ0v) is 13.3. The number of nitrogens with zero attached hydrogens (tertiary/aromatic N) is 1. The lowest BCUT2D eigenvalue weighted by Crippen LogP contribution is -2.43. The topological polar surface area (TPSA) is 40.5 Å². The third-order valence-corrected chi connectivity index (χ3v) is 5.00. The fourth-order valence-corrected chi connectivity index (χ4v) is 3.00. The van der Waals surface area contributed by atoms with Crippen molar-refractivity contribution in [3.8, 4) is 0 Å². The Morgan fingerprint density at radius 1 is 1.45 bits per heavy atom. The van der Waals surface area contributed by atoms with Gasteiger partial charge in [-0.15, -0.1) is 0 Å². The van der Waals surface area contributed by atoms with Crippen molar-refractivity contribution in [1.82, 2.24) is 4.90 Å². The van der Waals surface area contributed by atoms with E-state index in [1.807, 2.05) is 6.92 Å². The van der Waals surface area contributed by atoms with E-state index in [1.54, 1.807) is 12.1 Å². The smallest absolute Gasteiger partial charge is 0.309 e. The average molecular weight is 344 g/mol. The second-order valence-electron chi connectivity index (χ2n) is 5.75. The number of carbonyl (C=O) groups is 1. The molecule has 1 N–H and O–H groups in total. The molecule has 0 aromatic heterocycles. The maximum absolute atomic E-state index is 13.3. The van der Waals surface area contributed by atoms with E-state index in [9.17, 15) is 14.3 Å². The number of benzene rings is 1. The van der Waals surface area contributed by atoms with Gasteiger partial charge in [0.05, 0.1) is 9.89 Å². The van der Waals surface area contributed by atoms with Crippen LogP contribution in [0.4, 0.5) is 4.39 Å². The van der Waals surface area contributed by atoms with Gasteiger partial charge in [0.2, 0.25) is 0 Å². The molecule has 0 aliphatic carbocycles. The number of hydrogen-bond acceptors (Lipinski definition) is 2. The predicted octanol–water partition coefficient (Wildman–Crippen LogP) is 3.84. The number of hydrogen-bond donors (Lipinski definition) is 1. The van der Waals surface area contributed by atoms with Crippen molar-refractivity contribution in [2.24, 2.45) is 5.41 Å². The minimum atomic E-state index is -0.714. The molecule has 3 nitrogen and oxygen atoms in total. The van der Waals surface area contributed by atoms with Crippen molar-refractivity contribution in [2.75, 3.05) is 13.1 Å². The molecule has 0 bridgehead atoms. The molecule has 0 saturated carbocycles. The largest absolute Gasteiger partial charge is 0.481 e. The van der Waals surface area contributed by atoms with E-state index in [1.165, 1.54) is 6.07 Å². The summed E-state index contributed by atoms with van der Waals surface area (Å²) >= 11 is 3.20. The van der Waals surface area contributed by atoms with E-state index in [2.05, 4.69) is 27.8 Å². The zero-order valence-electron chi connectivity index (χ0n) is 11.7. The third-order valence-electron chi connectivity index (χ3n) is 4.39. The maximum Gasteiger partial charge on any atom is 0.309 e. The molecular formula is C15H19BrFNO2. The first-order valence-electron chi connectivity index (χ1n) is 6.76. The number of likely N-dealkylation sites (tertiary alicyclic amines) is 1. The zero-order chi connectivity index (χ0) is 14.9. The van der Waals surface area contributed by atoms with Gasteiger partial charge in [-0.05, 0) is 73.4 Å². The minimum Gasteiger partial charge on any atom is -0.481 e. The van der Waals surface area contributed by atoms with Crippen molar-refractivity contribution in [2.45, 2.75) is 32.7 Å². The van der Waals surface area contributed by atoms with Gasteiger partial charge in [-0.3, -0.25) is 9.69 Å². The SMILES string of the molecule is CC(c1ccc(F)c(Br)c1)N1CCC(C)(C(=O)O)CC1. The molecule has 110 valence electrons.